The molecular formula is C102H80N4. The lowest BCUT2D eigenvalue weighted by molar-refractivity contribution is 0.509. The van der Waals surface area contributed by atoms with E-state index in [-0.39, 0.29) is 16.9 Å². The Hall–Kier alpha value is -12.3. The maximum Gasteiger partial charge on any atom is 0.101 e. The van der Waals surface area contributed by atoms with Gasteiger partial charge >= 0.3 is 0 Å². The fourth-order valence-corrected chi connectivity index (χ4v) is 17.7. The third-order valence-corrected chi connectivity index (χ3v) is 23.3. The zero-order chi connectivity index (χ0) is 71.4. The normalized spacial score (nSPS) is 14.5. The highest BCUT2D eigenvalue weighted by Gasteiger charge is 2.39. The van der Waals surface area contributed by atoms with Crippen LogP contribution in [-0.2, 0) is 17.3 Å². The van der Waals surface area contributed by atoms with Crippen LogP contribution >= 0.6 is 0 Å². The van der Waals surface area contributed by atoms with Crippen molar-refractivity contribution in [3.8, 4) is 55.6 Å². The highest BCUT2D eigenvalue weighted by Crippen LogP contribution is 2.56. The Bertz CT molecular complexity index is 6440. The summed E-state index contributed by atoms with van der Waals surface area (Å²) in [5.74, 6) is 0. The van der Waals surface area contributed by atoms with Gasteiger partial charge in [-0.1, -0.05) is 325 Å². The van der Waals surface area contributed by atoms with E-state index in [0.29, 0.717) is 6.42 Å². The maximum absolute atomic E-state index is 7.21. The van der Waals surface area contributed by atoms with Crippen molar-refractivity contribution >= 4 is 87.2 Å². The summed E-state index contributed by atoms with van der Waals surface area (Å²) in [6.07, 6.45) is 6.71. The van der Waals surface area contributed by atoms with Gasteiger partial charge in [-0.3, -0.25) is 5.32 Å². The second-order valence-electron chi connectivity index (χ2n) is 30.3. The largest absolute Gasteiger partial charge is 0.366 e. The van der Waals surface area contributed by atoms with Gasteiger partial charge in [-0.25, -0.2) is 0 Å². The second kappa shape index (κ2) is 25.8. The third-order valence-electron chi connectivity index (χ3n) is 23.3. The first-order valence-corrected chi connectivity index (χ1v) is 37.3. The van der Waals surface area contributed by atoms with Crippen molar-refractivity contribution in [3.63, 3.8) is 0 Å². The molecule has 508 valence electrons. The first kappa shape index (κ1) is 64.6. The van der Waals surface area contributed by atoms with E-state index in [1.54, 1.807) is 0 Å². The van der Waals surface area contributed by atoms with Gasteiger partial charge in [0.25, 0.3) is 0 Å². The number of nitrogens with two attached hydrogens (primary N) is 2. The van der Waals surface area contributed by atoms with Crippen molar-refractivity contribution in [2.45, 2.75) is 63.3 Å². The van der Waals surface area contributed by atoms with Gasteiger partial charge in [0.05, 0.1) is 12.2 Å². The Morgan fingerprint density at radius 1 is 0.330 bits per heavy atom. The van der Waals surface area contributed by atoms with Gasteiger partial charge in [0.1, 0.15) is 6.17 Å². The quantitative estimate of drug-likeness (QED) is 0.0609. The molecule has 2 aliphatic rings. The summed E-state index contributed by atoms with van der Waals surface area (Å²) < 4.78 is 0. The highest BCUT2D eigenvalue weighted by atomic mass is 15.0. The molecule has 6 N–H and O–H groups in total. The van der Waals surface area contributed by atoms with Crippen molar-refractivity contribution in [3.05, 3.63) is 395 Å². The molecule has 0 heterocycles. The highest BCUT2D eigenvalue weighted by molar-refractivity contribution is 6.26. The van der Waals surface area contributed by atoms with Gasteiger partial charge in [0.2, 0.25) is 0 Å². The molecule has 0 spiro atoms. The summed E-state index contributed by atoms with van der Waals surface area (Å²) in [7, 11) is 0. The molecule has 0 fully saturated rings. The SMILES string of the molecule is CC1(C)c2cc3ccccc3cc2-c2c(-c3ccc(/C=C/C(NC(N)c4ccccc4)c4ccc5c6ccccc6c6ccc(-c7cc(-c8ccc(/C(=C/Cc9cc%10ccccc%10c%10ccccc9%10)NC(N)c9ccccc9)cc8)c8c(c7)C(C)(C)c7cc9ccccc9cc7-8)cc6c5c4)cc3)cccc21. The predicted molar refractivity (Wildman–Crippen MR) is 450 cm³/mol. The molecule has 2 aliphatic carbocycles. The smallest absolute Gasteiger partial charge is 0.101 e. The molecule has 4 heteroatoms. The minimum absolute atomic E-state index is 0.122. The van der Waals surface area contributed by atoms with Crippen LogP contribution in [0.1, 0.15) is 102 Å². The molecular weight excluding hydrogens is 1280 g/mol. The van der Waals surface area contributed by atoms with E-state index in [2.05, 4.69) is 372 Å². The zero-order valence-corrected chi connectivity index (χ0v) is 60.0. The van der Waals surface area contributed by atoms with Crippen molar-refractivity contribution in [2.24, 2.45) is 11.5 Å². The van der Waals surface area contributed by atoms with Gasteiger partial charge in [-0.2, -0.15) is 0 Å². The number of hydrogen-bond acceptors (Lipinski definition) is 4. The topological polar surface area (TPSA) is 76.1 Å². The lowest BCUT2D eigenvalue weighted by Gasteiger charge is -2.24. The van der Waals surface area contributed by atoms with Crippen LogP contribution < -0.4 is 22.1 Å². The van der Waals surface area contributed by atoms with Gasteiger partial charge < -0.3 is 16.8 Å². The van der Waals surface area contributed by atoms with E-state index in [4.69, 9.17) is 11.5 Å². The monoisotopic (exact) mass is 1360 g/mol. The predicted octanol–water partition coefficient (Wildman–Crippen LogP) is 25.2. The summed E-state index contributed by atoms with van der Waals surface area (Å²) in [4.78, 5) is 0. The Balaban J connectivity index is 0.722. The van der Waals surface area contributed by atoms with Crippen LogP contribution in [0, 0.1) is 0 Å². The summed E-state index contributed by atoms with van der Waals surface area (Å²) in [5, 5.41) is 25.0. The lowest BCUT2D eigenvalue weighted by atomic mass is 9.80. The number of benzene rings is 17. The summed E-state index contributed by atoms with van der Waals surface area (Å²) in [6, 6.07) is 121. The van der Waals surface area contributed by atoms with E-state index >= 15 is 0 Å². The first-order chi connectivity index (χ1) is 51.9. The van der Waals surface area contributed by atoms with E-state index < -0.39 is 12.3 Å². The summed E-state index contributed by atoms with van der Waals surface area (Å²) in [5.41, 5.74) is 39.2. The minimum atomic E-state index is -0.437. The van der Waals surface area contributed by atoms with Gasteiger partial charge in [0, 0.05) is 16.5 Å². The molecule has 0 amide bonds. The summed E-state index contributed by atoms with van der Waals surface area (Å²) in [6.45, 7) is 9.57. The molecule has 0 bridgehead atoms. The molecule has 0 saturated heterocycles. The number of nitrogens with one attached hydrogen (secondary N) is 2. The van der Waals surface area contributed by atoms with Crippen LogP contribution in [0.2, 0.25) is 0 Å². The first-order valence-electron chi connectivity index (χ1n) is 37.3. The number of fused-ring (bicyclic) bond motifs is 17. The molecule has 4 nitrogen and oxygen atoms in total. The molecule has 0 radical (unpaired) electrons. The third kappa shape index (κ3) is 11.1. The lowest BCUT2D eigenvalue weighted by Crippen LogP contribution is -2.31. The molecule has 0 aliphatic heterocycles. The van der Waals surface area contributed by atoms with Crippen molar-refractivity contribution in [1.82, 2.24) is 10.6 Å². The molecule has 0 aromatic heterocycles. The Labute approximate surface area is 619 Å². The Morgan fingerprint density at radius 2 is 0.821 bits per heavy atom. The number of hydrogen-bond donors (Lipinski definition) is 4. The number of allylic oxidation sites excluding steroid dienone is 1. The minimum Gasteiger partial charge on any atom is -0.366 e. The Kier molecular flexibility index (Phi) is 15.7. The molecule has 0 saturated carbocycles. The van der Waals surface area contributed by atoms with Crippen molar-refractivity contribution < 1.29 is 0 Å². The van der Waals surface area contributed by atoms with Crippen LogP contribution in [-0.4, -0.2) is 0 Å². The molecule has 17 aromatic rings. The van der Waals surface area contributed by atoms with Gasteiger partial charge in [-0.15, -0.1) is 0 Å². The molecule has 3 atom stereocenters. The molecule has 19 rings (SSSR count). The zero-order valence-electron chi connectivity index (χ0n) is 60.0. The van der Waals surface area contributed by atoms with Gasteiger partial charge in [-0.05, 0) is 242 Å². The Morgan fingerprint density at radius 3 is 1.46 bits per heavy atom. The van der Waals surface area contributed by atoms with Crippen LogP contribution in [0.15, 0.2) is 340 Å². The van der Waals surface area contributed by atoms with Crippen molar-refractivity contribution in [2.75, 3.05) is 0 Å². The molecule has 3 unspecified atom stereocenters. The van der Waals surface area contributed by atoms with E-state index in [9.17, 15) is 0 Å². The van der Waals surface area contributed by atoms with Crippen LogP contribution in [0.25, 0.3) is 143 Å². The summed E-state index contributed by atoms with van der Waals surface area (Å²) >= 11 is 0. The van der Waals surface area contributed by atoms with E-state index in [1.165, 1.54) is 148 Å². The standard InChI is InChI=1S/C102H80N4/c1-101(2)91-37-21-36-80(97(91)89-56-69-26-11-13-28-71(69)60-92(89)101)64-41-38-63(39-42-64)40-52-96(106-100(104)68-24-9-6-10-25-68)76-48-51-85-83-35-20-19-34-82(83)84-50-47-73(55-87(84)88(85)58-76)77-59-86(98-90-57-70-27-12-14-29-72(70)61-93(90)102(3,4)94(98)62-77)65-43-45-66(46-44-65)95(105-99(103)67-22-7-5-8-23-67)53-49-75-54-74-30-15-16-31-78(74)81-33-18-17-32-79(75)81/h5-48,50-62,96,99-100,105-106H,49,103-104H2,1-4H3/b52-40+,95-53-. The van der Waals surface area contributed by atoms with Crippen molar-refractivity contribution in [1.29, 1.82) is 0 Å². The van der Waals surface area contributed by atoms with E-state index in [0.717, 1.165) is 44.6 Å². The molecule has 17 aromatic carbocycles. The average Bonchev–Trinajstić information content (AvgIpc) is 1.35. The fraction of sp³-hybridized carbons (Fsp3) is 0.0980. The van der Waals surface area contributed by atoms with Crippen LogP contribution in [0.3, 0.4) is 0 Å². The molecule has 106 heavy (non-hydrogen) atoms. The maximum atomic E-state index is 7.21. The van der Waals surface area contributed by atoms with Crippen LogP contribution in [0.5, 0.6) is 0 Å². The number of rotatable bonds is 15. The van der Waals surface area contributed by atoms with E-state index in [1.807, 2.05) is 12.1 Å². The second-order valence-corrected chi connectivity index (χ2v) is 30.3. The van der Waals surface area contributed by atoms with Crippen LogP contribution in [0.4, 0.5) is 0 Å². The average molecular weight is 1360 g/mol. The van der Waals surface area contributed by atoms with Gasteiger partial charge in [0.15, 0.2) is 0 Å². The fourth-order valence-electron chi connectivity index (χ4n) is 17.7.